The second-order valence-electron chi connectivity index (χ2n) is 4.59. The van der Waals surface area contributed by atoms with Gasteiger partial charge in [0.1, 0.15) is 0 Å². The molecule has 0 aliphatic carbocycles. The lowest BCUT2D eigenvalue weighted by Gasteiger charge is -2.16. The van der Waals surface area contributed by atoms with Crippen molar-refractivity contribution in [2.75, 3.05) is 5.32 Å². The van der Waals surface area contributed by atoms with E-state index >= 15 is 0 Å². The standard InChI is InChI=1S/C13H17N3O/c1-9(15)12(17)16-11-6-4-10(5-7-11)13(2,3)8-14/h4-7,9H,15H2,1-3H3,(H,16,17)/t9-/m0/s1. The van der Waals surface area contributed by atoms with Gasteiger partial charge in [-0.25, -0.2) is 0 Å². The Bertz CT molecular complexity index is 441. The minimum atomic E-state index is -0.537. The Balaban J connectivity index is 2.83. The van der Waals surface area contributed by atoms with Gasteiger partial charge in [0.05, 0.1) is 17.5 Å². The number of hydrogen-bond acceptors (Lipinski definition) is 3. The lowest BCUT2D eigenvalue weighted by atomic mass is 9.86. The molecule has 0 saturated heterocycles. The van der Waals surface area contributed by atoms with Crippen molar-refractivity contribution in [3.05, 3.63) is 29.8 Å². The van der Waals surface area contributed by atoms with Crippen LogP contribution in [0.15, 0.2) is 24.3 Å². The number of nitrogens with zero attached hydrogens (tertiary/aromatic N) is 1. The molecule has 17 heavy (non-hydrogen) atoms. The summed E-state index contributed by atoms with van der Waals surface area (Å²) in [6.45, 7) is 5.33. The molecule has 4 nitrogen and oxygen atoms in total. The predicted molar refractivity (Wildman–Crippen MR) is 67.4 cm³/mol. The number of carbonyl (C=O) groups is 1. The molecule has 1 amide bonds. The van der Waals surface area contributed by atoms with Crippen LogP contribution < -0.4 is 11.1 Å². The molecule has 0 radical (unpaired) electrons. The fourth-order valence-electron chi connectivity index (χ4n) is 1.29. The van der Waals surface area contributed by atoms with Gasteiger partial charge < -0.3 is 11.1 Å². The van der Waals surface area contributed by atoms with Crippen molar-refractivity contribution in [3.63, 3.8) is 0 Å². The van der Waals surface area contributed by atoms with Crippen LogP contribution in [0.5, 0.6) is 0 Å². The van der Waals surface area contributed by atoms with E-state index in [2.05, 4.69) is 11.4 Å². The first-order valence-electron chi connectivity index (χ1n) is 5.45. The summed E-state index contributed by atoms with van der Waals surface area (Å²) in [6, 6.07) is 8.90. The fourth-order valence-corrected chi connectivity index (χ4v) is 1.29. The van der Waals surface area contributed by atoms with Gasteiger partial charge in [0, 0.05) is 5.69 Å². The molecule has 0 bridgehead atoms. The number of nitrogens with two attached hydrogens (primary N) is 1. The van der Waals surface area contributed by atoms with Crippen molar-refractivity contribution >= 4 is 11.6 Å². The van der Waals surface area contributed by atoms with Gasteiger partial charge in [-0.05, 0) is 38.5 Å². The molecule has 0 aliphatic rings. The van der Waals surface area contributed by atoms with E-state index in [0.29, 0.717) is 5.69 Å². The first-order chi connectivity index (χ1) is 7.86. The third-order valence-corrected chi connectivity index (χ3v) is 2.57. The van der Waals surface area contributed by atoms with E-state index in [0.717, 1.165) is 5.56 Å². The van der Waals surface area contributed by atoms with Crippen LogP contribution in [-0.4, -0.2) is 11.9 Å². The third kappa shape index (κ3) is 3.30. The van der Waals surface area contributed by atoms with Crippen molar-refractivity contribution in [1.82, 2.24) is 0 Å². The molecule has 0 spiro atoms. The van der Waals surface area contributed by atoms with Crippen LogP contribution in [0.1, 0.15) is 26.3 Å². The monoisotopic (exact) mass is 231 g/mol. The van der Waals surface area contributed by atoms with Gasteiger partial charge in [-0.3, -0.25) is 4.79 Å². The van der Waals surface area contributed by atoms with Crippen LogP contribution in [-0.2, 0) is 10.2 Å². The number of amides is 1. The molecule has 0 aliphatic heterocycles. The Labute approximate surface area is 101 Å². The molecule has 1 aromatic carbocycles. The Morgan fingerprint density at radius 1 is 1.41 bits per heavy atom. The molecule has 4 heteroatoms. The van der Waals surface area contributed by atoms with Crippen molar-refractivity contribution < 1.29 is 4.79 Å². The van der Waals surface area contributed by atoms with Crippen molar-refractivity contribution in [2.45, 2.75) is 32.2 Å². The Morgan fingerprint density at radius 3 is 2.35 bits per heavy atom. The molecule has 90 valence electrons. The van der Waals surface area contributed by atoms with Gasteiger partial charge in [-0.1, -0.05) is 12.1 Å². The van der Waals surface area contributed by atoms with Crippen LogP contribution in [0.25, 0.3) is 0 Å². The zero-order valence-electron chi connectivity index (χ0n) is 10.3. The first kappa shape index (κ1) is 13.2. The molecular formula is C13H17N3O. The molecule has 1 rings (SSSR count). The van der Waals surface area contributed by atoms with Gasteiger partial charge in [-0.2, -0.15) is 5.26 Å². The van der Waals surface area contributed by atoms with Crippen LogP contribution in [0.2, 0.25) is 0 Å². The van der Waals surface area contributed by atoms with E-state index in [1.54, 1.807) is 19.1 Å². The van der Waals surface area contributed by atoms with Crippen molar-refractivity contribution in [3.8, 4) is 6.07 Å². The van der Waals surface area contributed by atoms with E-state index in [1.165, 1.54) is 0 Å². The molecular weight excluding hydrogens is 214 g/mol. The number of nitrogens with one attached hydrogen (secondary N) is 1. The summed E-state index contributed by atoms with van der Waals surface area (Å²) in [5.74, 6) is -0.225. The largest absolute Gasteiger partial charge is 0.325 e. The maximum atomic E-state index is 11.4. The Kier molecular flexibility index (Phi) is 3.87. The highest BCUT2D eigenvalue weighted by Crippen LogP contribution is 2.23. The van der Waals surface area contributed by atoms with E-state index < -0.39 is 11.5 Å². The molecule has 0 saturated carbocycles. The molecule has 1 aromatic rings. The minimum Gasteiger partial charge on any atom is -0.325 e. The summed E-state index contributed by atoms with van der Waals surface area (Å²) in [6.07, 6.45) is 0. The summed E-state index contributed by atoms with van der Waals surface area (Å²) in [5, 5.41) is 11.7. The minimum absolute atomic E-state index is 0.225. The average molecular weight is 231 g/mol. The molecule has 0 fully saturated rings. The van der Waals surface area contributed by atoms with E-state index in [1.807, 2.05) is 26.0 Å². The van der Waals surface area contributed by atoms with Crippen LogP contribution >= 0.6 is 0 Å². The third-order valence-electron chi connectivity index (χ3n) is 2.57. The normalized spacial score (nSPS) is 12.6. The maximum Gasteiger partial charge on any atom is 0.240 e. The number of rotatable bonds is 3. The number of nitriles is 1. The number of anilines is 1. The topological polar surface area (TPSA) is 78.9 Å². The highest BCUT2D eigenvalue weighted by molar-refractivity contribution is 5.94. The SMILES string of the molecule is C[C@H](N)C(=O)Nc1ccc(C(C)(C)C#N)cc1. The summed E-state index contributed by atoms with van der Waals surface area (Å²) < 4.78 is 0. The summed E-state index contributed by atoms with van der Waals surface area (Å²) in [7, 11) is 0. The second-order valence-corrected chi connectivity index (χ2v) is 4.59. The molecule has 1 atom stereocenters. The number of benzene rings is 1. The summed E-state index contributed by atoms with van der Waals surface area (Å²) >= 11 is 0. The van der Waals surface area contributed by atoms with Gasteiger partial charge in [0.15, 0.2) is 0 Å². The predicted octanol–water partition coefficient (Wildman–Crippen LogP) is 1.77. The zero-order chi connectivity index (χ0) is 13.1. The lowest BCUT2D eigenvalue weighted by Crippen LogP contribution is -2.32. The van der Waals surface area contributed by atoms with Crippen LogP contribution in [0.3, 0.4) is 0 Å². The smallest absolute Gasteiger partial charge is 0.240 e. The second kappa shape index (κ2) is 4.98. The molecule has 3 N–H and O–H groups in total. The van der Waals surface area contributed by atoms with E-state index in [9.17, 15) is 4.79 Å². The van der Waals surface area contributed by atoms with Crippen LogP contribution in [0, 0.1) is 11.3 Å². The van der Waals surface area contributed by atoms with Crippen molar-refractivity contribution in [1.29, 1.82) is 5.26 Å². The number of carbonyl (C=O) groups excluding carboxylic acids is 1. The average Bonchev–Trinajstić information content (AvgIpc) is 2.29. The fraction of sp³-hybridized carbons (Fsp3) is 0.385. The number of hydrogen-bond donors (Lipinski definition) is 2. The lowest BCUT2D eigenvalue weighted by molar-refractivity contribution is -0.117. The summed E-state index contributed by atoms with van der Waals surface area (Å²) in [4.78, 5) is 11.4. The Morgan fingerprint density at radius 2 is 1.94 bits per heavy atom. The van der Waals surface area contributed by atoms with Gasteiger partial charge in [0.2, 0.25) is 5.91 Å². The van der Waals surface area contributed by atoms with Gasteiger partial charge >= 0.3 is 0 Å². The quantitative estimate of drug-likeness (QED) is 0.832. The van der Waals surface area contributed by atoms with Gasteiger partial charge in [-0.15, -0.1) is 0 Å². The first-order valence-corrected chi connectivity index (χ1v) is 5.45. The summed E-state index contributed by atoms with van der Waals surface area (Å²) in [5.41, 5.74) is 6.53. The van der Waals surface area contributed by atoms with Gasteiger partial charge in [0.25, 0.3) is 0 Å². The zero-order valence-corrected chi connectivity index (χ0v) is 10.3. The highest BCUT2D eigenvalue weighted by Gasteiger charge is 2.19. The van der Waals surface area contributed by atoms with Crippen molar-refractivity contribution in [2.24, 2.45) is 5.73 Å². The van der Waals surface area contributed by atoms with Crippen LogP contribution in [0.4, 0.5) is 5.69 Å². The van der Waals surface area contributed by atoms with E-state index in [4.69, 9.17) is 11.0 Å². The highest BCUT2D eigenvalue weighted by atomic mass is 16.2. The Hall–Kier alpha value is -1.86. The molecule has 0 aromatic heterocycles. The maximum absolute atomic E-state index is 11.4. The molecule has 0 heterocycles. The van der Waals surface area contributed by atoms with E-state index in [-0.39, 0.29) is 5.91 Å². The molecule has 0 unspecified atom stereocenters.